The van der Waals surface area contributed by atoms with Crippen LogP contribution in [-0.4, -0.2) is 23.5 Å². The molecule has 5 aromatic heterocycles. The minimum atomic E-state index is 0.874. The Morgan fingerprint density at radius 1 is 0.492 bits per heavy atom. The minimum absolute atomic E-state index is 0.874. The van der Waals surface area contributed by atoms with Gasteiger partial charge < -0.3 is 8.83 Å². The van der Waals surface area contributed by atoms with Gasteiger partial charge in [-0.3, -0.25) is 13.5 Å². The Labute approximate surface area is 378 Å². The molecule has 10 heteroatoms. The van der Waals surface area contributed by atoms with Crippen LogP contribution in [0, 0.1) is 3.57 Å². The van der Waals surface area contributed by atoms with Crippen LogP contribution in [0.15, 0.2) is 188 Å². The highest BCUT2D eigenvalue weighted by molar-refractivity contribution is 14.1. The molecule has 0 spiro atoms. The molecule has 8 aromatic carbocycles. The molecule has 0 radical (unpaired) electrons. The van der Waals surface area contributed by atoms with E-state index in [0.717, 1.165) is 98.7 Å². The van der Waals surface area contributed by atoms with Crippen LogP contribution in [0.5, 0.6) is 0 Å². The number of para-hydroxylation sites is 9. The monoisotopic (exact) mass is 1030 g/mol. The predicted molar refractivity (Wildman–Crippen MR) is 263 cm³/mol. The van der Waals surface area contributed by atoms with Gasteiger partial charge in [-0.15, -0.1) is 0 Å². The highest BCUT2D eigenvalue weighted by atomic mass is 127. The van der Waals surface area contributed by atoms with E-state index in [0.29, 0.717) is 0 Å². The van der Waals surface area contributed by atoms with Gasteiger partial charge in [0, 0.05) is 31.5 Å². The molecule has 0 unspecified atom stereocenters. The fourth-order valence-corrected chi connectivity index (χ4v) is 10.1. The van der Waals surface area contributed by atoms with E-state index in [9.17, 15) is 0 Å². The van der Waals surface area contributed by atoms with Crippen molar-refractivity contribution in [2.24, 2.45) is 0 Å². The summed E-state index contributed by atoms with van der Waals surface area (Å²) >= 11 is 9.42. The molecule has 0 atom stereocenters. The summed E-state index contributed by atoms with van der Waals surface area (Å²) in [5.41, 5.74) is 14.0. The van der Waals surface area contributed by atoms with Crippen molar-refractivity contribution < 1.29 is 8.83 Å². The lowest BCUT2D eigenvalue weighted by Crippen LogP contribution is -1.94. The molecule has 13 aromatic rings. The number of aromatic nitrogens is 5. The van der Waals surface area contributed by atoms with Crippen LogP contribution in [0.2, 0.25) is 0 Å². The Morgan fingerprint density at radius 2 is 1.08 bits per heavy atom. The summed E-state index contributed by atoms with van der Waals surface area (Å²) in [5.74, 6) is 2.06. The first-order valence-corrected chi connectivity index (χ1v) is 22.4. The molecule has 0 aliphatic carbocycles. The predicted octanol–water partition coefficient (Wildman–Crippen LogP) is 15.0. The smallest absolute Gasteiger partial charge is 0.220 e. The molecular weight excluding hydrogens is 1000 g/mol. The SMILES string of the molecule is Brc1cccc2c1oc1ccc(-n3c4ccccc4n4c5ccccc5nc34)cc12.Brc1cccc2c1oc1ccc(I)cc12.c1ccc2c(c1)Cc1nc3ccccc3n1-2. The van der Waals surface area contributed by atoms with E-state index in [1.54, 1.807) is 0 Å². The highest BCUT2D eigenvalue weighted by Crippen LogP contribution is 2.37. The molecule has 0 fully saturated rings. The van der Waals surface area contributed by atoms with E-state index in [4.69, 9.17) is 13.8 Å². The van der Waals surface area contributed by atoms with Crippen molar-refractivity contribution in [3.05, 3.63) is 194 Å². The van der Waals surface area contributed by atoms with Gasteiger partial charge in [0.2, 0.25) is 5.78 Å². The second-order valence-electron chi connectivity index (χ2n) is 15.0. The van der Waals surface area contributed by atoms with Crippen molar-refractivity contribution in [2.45, 2.75) is 6.42 Å². The van der Waals surface area contributed by atoms with Gasteiger partial charge in [-0.2, -0.15) is 0 Å². The van der Waals surface area contributed by atoms with Crippen LogP contribution < -0.4 is 0 Å². The van der Waals surface area contributed by atoms with Gasteiger partial charge >= 0.3 is 0 Å². The summed E-state index contributed by atoms with van der Waals surface area (Å²) in [7, 11) is 0. The van der Waals surface area contributed by atoms with Crippen LogP contribution in [0.4, 0.5) is 0 Å². The van der Waals surface area contributed by atoms with Gasteiger partial charge in [-0.25, -0.2) is 9.97 Å². The highest BCUT2D eigenvalue weighted by Gasteiger charge is 2.22. The topological polar surface area (TPSA) is 66.3 Å². The molecule has 7 nitrogen and oxygen atoms in total. The summed E-state index contributed by atoms with van der Waals surface area (Å²) in [6, 6.07) is 58.4. The lowest BCUT2D eigenvalue weighted by Gasteiger charge is -2.05. The number of rotatable bonds is 1. The Hall–Kier alpha value is -6.21. The third-order valence-electron chi connectivity index (χ3n) is 11.4. The van der Waals surface area contributed by atoms with Gasteiger partial charge in [-0.1, -0.05) is 78.9 Å². The Kier molecular flexibility index (Phi) is 8.69. The molecule has 6 heterocycles. The number of halogens is 3. The van der Waals surface area contributed by atoms with Crippen molar-refractivity contribution in [1.82, 2.24) is 23.5 Å². The van der Waals surface area contributed by atoms with Crippen LogP contribution >= 0.6 is 54.5 Å². The minimum Gasteiger partial charge on any atom is -0.455 e. The van der Waals surface area contributed by atoms with Gasteiger partial charge in [0.25, 0.3) is 0 Å². The molecule has 61 heavy (non-hydrogen) atoms. The molecule has 292 valence electrons. The number of nitrogens with zero attached hydrogens (tertiary/aromatic N) is 5. The summed E-state index contributed by atoms with van der Waals surface area (Å²) in [6.07, 6.45) is 0.949. The number of imidazole rings is 3. The zero-order chi connectivity index (χ0) is 40.8. The molecule has 0 N–H and O–H groups in total. The van der Waals surface area contributed by atoms with Crippen LogP contribution in [0.3, 0.4) is 0 Å². The van der Waals surface area contributed by atoms with Crippen LogP contribution in [0.1, 0.15) is 11.4 Å². The first-order valence-electron chi connectivity index (χ1n) is 19.8. The summed E-state index contributed by atoms with van der Waals surface area (Å²) in [5, 5.41) is 4.54. The van der Waals surface area contributed by atoms with E-state index < -0.39 is 0 Å². The quantitative estimate of drug-likeness (QED) is 0.154. The Morgan fingerprint density at radius 3 is 1.82 bits per heavy atom. The third-order valence-corrected chi connectivity index (χ3v) is 13.3. The summed E-state index contributed by atoms with van der Waals surface area (Å²) in [4.78, 5) is 9.64. The molecular formula is C51H30Br2IN5O2. The van der Waals surface area contributed by atoms with Gasteiger partial charge in [0.05, 0.1) is 53.4 Å². The van der Waals surface area contributed by atoms with Crippen molar-refractivity contribution in [2.75, 3.05) is 0 Å². The molecule has 0 saturated carbocycles. The van der Waals surface area contributed by atoms with Gasteiger partial charge in [0.1, 0.15) is 28.2 Å². The van der Waals surface area contributed by atoms with Crippen molar-refractivity contribution >= 4 is 137 Å². The molecule has 0 saturated heterocycles. The third kappa shape index (κ3) is 5.94. The summed E-state index contributed by atoms with van der Waals surface area (Å²) in [6.45, 7) is 0. The molecule has 1 aliphatic rings. The normalized spacial score (nSPS) is 12.1. The first kappa shape index (κ1) is 36.6. The number of hydrogen-bond donors (Lipinski definition) is 0. The zero-order valence-corrected chi connectivity index (χ0v) is 37.4. The van der Waals surface area contributed by atoms with E-state index in [-0.39, 0.29) is 0 Å². The molecule has 1 aliphatic heterocycles. The Bertz CT molecular complexity index is 3870. The lowest BCUT2D eigenvalue weighted by atomic mass is 10.1. The Balaban J connectivity index is 0.000000108. The lowest BCUT2D eigenvalue weighted by molar-refractivity contribution is 0.666. The summed E-state index contributed by atoms with van der Waals surface area (Å²) < 4.78 is 21.8. The largest absolute Gasteiger partial charge is 0.455 e. The van der Waals surface area contributed by atoms with Gasteiger partial charge in [0.15, 0.2) is 0 Å². The maximum atomic E-state index is 6.10. The van der Waals surface area contributed by atoms with E-state index in [1.807, 2.05) is 48.5 Å². The average Bonchev–Trinajstić information content (AvgIpc) is 4.13. The molecule has 0 bridgehead atoms. The van der Waals surface area contributed by atoms with E-state index in [1.165, 1.54) is 25.7 Å². The number of benzene rings is 8. The van der Waals surface area contributed by atoms with E-state index >= 15 is 0 Å². The molecule has 0 amide bonds. The standard InChI is InChI=1S/C25H14BrN3O.C14H10N2.C12H6BrIO/c26-18-7-5-6-16-17-14-15(12-13-23(17)30-24(16)18)28-21-10-3-4-11-22(21)29-20-9-2-1-8-19(20)27-25(28)29;1-3-7-12-10(5-1)9-14-15-11-6-2-4-8-13(11)16(12)14;13-10-3-1-2-8-9-6-7(14)4-5-11(9)15-12(8)10/h1-14H;1-8H,9H2;1-6H. The fourth-order valence-electron chi connectivity index (χ4n) is 8.74. The fraction of sp³-hybridized carbons (Fsp3) is 0.0196. The van der Waals surface area contributed by atoms with Crippen molar-refractivity contribution in [3.63, 3.8) is 0 Å². The maximum absolute atomic E-state index is 6.10. The molecule has 14 rings (SSSR count). The van der Waals surface area contributed by atoms with Crippen LogP contribution in [0.25, 0.3) is 94.1 Å². The second-order valence-corrected chi connectivity index (χ2v) is 17.9. The number of fused-ring (bicyclic) bond motifs is 16. The maximum Gasteiger partial charge on any atom is 0.220 e. The van der Waals surface area contributed by atoms with Gasteiger partial charge in [-0.05, 0) is 151 Å². The first-order chi connectivity index (χ1) is 30.0. The van der Waals surface area contributed by atoms with E-state index in [2.05, 4.69) is 194 Å². The number of hydrogen-bond acceptors (Lipinski definition) is 4. The van der Waals surface area contributed by atoms with Crippen molar-refractivity contribution in [1.29, 1.82) is 0 Å². The second kappa shape index (κ2) is 14.5. The number of furan rings is 2. The van der Waals surface area contributed by atoms with Crippen molar-refractivity contribution in [3.8, 4) is 11.4 Å². The zero-order valence-electron chi connectivity index (χ0n) is 32.1. The average molecular weight is 1030 g/mol. The van der Waals surface area contributed by atoms with Crippen LogP contribution in [-0.2, 0) is 6.42 Å².